The summed E-state index contributed by atoms with van der Waals surface area (Å²) in [5, 5.41) is 38.4. The molecule has 0 radical (unpaired) electrons. The molecular formula is C12H27NO4Si. The summed E-state index contributed by atoms with van der Waals surface area (Å²) >= 11 is 0. The lowest BCUT2D eigenvalue weighted by molar-refractivity contribution is -0.144. The largest absolute Gasteiger partial charge is 0.395 e. The van der Waals surface area contributed by atoms with Crippen molar-refractivity contribution in [3.63, 3.8) is 0 Å². The topological polar surface area (TPSA) is 84.2 Å². The number of aliphatic hydroxyl groups excluding tert-OH is 4. The lowest BCUT2D eigenvalue weighted by Crippen LogP contribution is -2.62. The van der Waals surface area contributed by atoms with Crippen LogP contribution in [-0.2, 0) is 0 Å². The van der Waals surface area contributed by atoms with Gasteiger partial charge in [-0.05, 0) is 13.0 Å². The van der Waals surface area contributed by atoms with Gasteiger partial charge in [0.1, 0.15) is 12.2 Å². The minimum atomic E-state index is -1.16. The molecule has 108 valence electrons. The number of nitrogens with zero attached hydrogens (tertiary/aromatic N) is 1. The fourth-order valence-electron chi connectivity index (χ4n) is 2.45. The van der Waals surface area contributed by atoms with Gasteiger partial charge in [-0.2, -0.15) is 0 Å². The minimum Gasteiger partial charge on any atom is -0.395 e. The highest BCUT2D eigenvalue weighted by molar-refractivity contribution is 6.76. The van der Waals surface area contributed by atoms with E-state index in [9.17, 15) is 20.4 Å². The predicted octanol–water partition coefficient (Wildman–Crippen LogP) is -0.526. The molecule has 0 aromatic carbocycles. The molecule has 1 saturated heterocycles. The highest BCUT2D eigenvalue weighted by Crippen LogP contribution is 2.20. The lowest BCUT2D eigenvalue weighted by atomic mass is 9.94. The Morgan fingerprint density at radius 3 is 2.22 bits per heavy atom. The summed E-state index contributed by atoms with van der Waals surface area (Å²) < 4.78 is 0. The van der Waals surface area contributed by atoms with Crippen molar-refractivity contribution in [3.05, 3.63) is 0 Å². The highest BCUT2D eigenvalue weighted by Gasteiger charge is 2.40. The molecule has 0 saturated carbocycles. The monoisotopic (exact) mass is 277 g/mol. The van der Waals surface area contributed by atoms with Crippen molar-refractivity contribution in [1.82, 2.24) is 4.90 Å². The number of rotatable bonds is 5. The van der Waals surface area contributed by atoms with Crippen LogP contribution in [0.2, 0.25) is 25.7 Å². The molecule has 0 amide bonds. The fourth-order valence-corrected chi connectivity index (χ4v) is 3.67. The first-order valence-electron chi connectivity index (χ1n) is 6.65. The highest BCUT2D eigenvalue weighted by atomic mass is 28.3. The molecule has 6 heteroatoms. The van der Waals surface area contributed by atoms with Crippen LogP contribution in [0.25, 0.3) is 0 Å². The van der Waals surface area contributed by atoms with E-state index in [0.29, 0.717) is 6.54 Å². The third kappa shape index (κ3) is 4.29. The van der Waals surface area contributed by atoms with Crippen LogP contribution < -0.4 is 0 Å². The van der Waals surface area contributed by atoms with E-state index in [1.807, 2.05) is 4.90 Å². The van der Waals surface area contributed by atoms with Gasteiger partial charge in [-0.1, -0.05) is 25.7 Å². The Bertz CT molecular complexity index is 259. The SMILES string of the molecule is C[Si](C)(C)CCCN1C[C@H](O)[C@@H](O)[C@H](O)C1CO. The van der Waals surface area contributed by atoms with Crippen molar-refractivity contribution in [2.75, 3.05) is 19.7 Å². The molecule has 1 heterocycles. The first-order chi connectivity index (χ1) is 8.26. The number of β-amino-alcohol motifs (C(OH)–C–C–N with tert-alkyl or cyclic N) is 1. The number of hydrogen-bond acceptors (Lipinski definition) is 5. The zero-order valence-corrected chi connectivity index (χ0v) is 12.6. The molecule has 0 aromatic heterocycles. The van der Waals surface area contributed by atoms with Crippen LogP contribution in [-0.4, -0.2) is 77.5 Å². The molecule has 18 heavy (non-hydrogen) atoms. The van der Waals surface area contributed by atoms with Gasteiger partial charge in [-0.3, -0.25) is 4.90 Å². The number of aliphatic hydroxyl groups is 4. The Morgan fingerprint density at radius 1 is 1.11 bits per heavy atom. The van der Waals surface area contributed by atoms with Gasteiger partial charge >= 0.3 is 0 Å². The summed E-state index contributed by atoms with van der Waals surface area (Å²) in [7, 11) is -1.09. The first kappa shape index (κ1) is 16.1. The van der Waals surface area contributed by atoms with E-state index < -0.39 is 32.4 Å². The van der Waals surface area contributed by atoms with Gasteiger partial charge in [0.2, 0.25) is 0 Å². The van der Waals surface area contributed by atoms with Crippen molar-refractivity contribution in [2.24, 2.45) is 0 Å². The molecule has 0 spiro atoms. The molecule has 1 aliphatic heterocycles. The molecule has 0 aromatic rings. The maximum atomic E-state index is 9.83. The zero-order valence-electron chi connectivity index (χ0n) is 11.6. The van der Waals surface area contributed by atoms with Crippen molar-refractivity contribution in [2.45, 2.75) is 56.5 Å². The van der Waals surface area contributed by atoms with Gasteiger partial charge in [0.05, 0.1) is 18.8 Å². The van der Waals surface area contributed by atoms with Crippen molar-refractivity contribution < 1.29 is 20.4 Å². The minimum absolute atomic E-state index is 0.197. The standard InChI is InChI=1S/C12H27NO4Si/c1-18(2,3)6-4-5-13-7-10(15)12(17)11(16)9(13)8-14/h9-12,14-17H,4-8H2,1-3H3/t9?,10-,11+,12+/m0/s1. The second-order valence-corrected chi connectivity index (χ2v) is 12.1. The quantitative estimate of drug-likeness (QED) is 0.508. The van der Waals surface area contributed by atoms with Crippen LogP contribution in [0.4, 0.5) is 0 Å². The normalized spacial score (nSPS) is 34.8. The van der Waals surface area contributed by atoms with E-state index in [-0.39, 0.29) is 6.61 Å². The summed E-state index contributed by atoms with van der Waals surface area (Å²) in [6, 6.07) is 0.709. The van der Waals surface area contributed by atoms with Crippen LogP contribution in [0.3, 0.4) is 0 Å². The van der Waals surface area contributed by atoms with E-state index in [1.165, 1.54) is 6.04 Å². The maximum absolute atomic E-state index is 9.83. The summed E-state index contributed by atoms with van der Waals surface area (Å²) in [6.45, 7) is 7.78. The van der Waals surface area contributed by atoms with E-state index in [0.717, 1.165) is 13.0 Å². The van der Waals surface area contributed by atoms with Gasteiger partial charge in [-0.15, -0.1) is 0 Å². The van der Waals surface area contributed by atoms with Gasteiger partial charge in [0.15, 0.2) is 0 Å². The molecule has 1 rings (SSSR count). The average Bonchev–Trinajstić information content (AvgIpc) is 2.25. The zero-order chi connectivity index (χ0) is 13.9. The average molecular weight is 277 g/mol. The van der Waals surface area contributed by atoms with Gasteiger partial charge in [0, 0.05) is 14.6 Å². The lowest BCUT2D eigenvalue weighted by Gasteiger charge is -2.43. The smallest absolute Gasteiger partial charge is 0.109 e. The number of piperidine rings is 1. The number of likely N-dealkylation sites (tertiary alicyclic amines) is 1. The van der Waals surface area contributed by atoms with Crippen LogP contribution in [0.1, 0.15) is 6.42 Å². The van der Waals surface area contributed by atoms with E-state index >= 15 is 0 Å². The van der Waals surface area contributed by atoms with Gasteiger partial charge < -0.3 is 20.4 Å². The molecule has 4 atom stereocenters. The second kappa shape index (κ2) is 6.45. The van der Waals surface area contributed by atoms with Crippen molar-refractivity contribution in [1.29, 1.82) is 0 Å². The first-order valence-corrected chi connectivity index (χ1v) is 10.4. The Labute approximate surface area is 110 Å². The number of hydrogen-bond donors (Lipinski definition) is 4. The van der Waals surface area contributed by atoms with Gasteiger partial charge in [-0.25, -0.2) is 0 Å². The Balaban J connectivity index is 2.52. The van der Waals surface area contributed by atoms with Gasteiger partial charge in [0.25, 0.3) is 0 Å². The van der Waals surface area contributed by atoms with Crippen LogP contribution >= 0.6 is 0 Å². The maximum Gasteiger partial charge on any atom is 0.109 e. The Kier molecular flexibility index (Phi) is 5.76. The summed E-state index contributed by atoms with van der Waals surface area (Å²) in [5.41, 5.74) is 0. The second-order valence-electron chi connectivity index (χ2n) is 6.46. The van der Waals surface area contributed by atoms with Crippen molar-refractivity contribution in [3.8, 4) is 0 Å². The molecule has 0 bridgehead atoms. The molecule has 1 unspecified atom stereocenters. The van der Waals surface area contributed by atoms with Crippen LogP contribution in [0.15, 0.2) is 0 Å². The summed E-state index contributed by atoms with van der Waals surface area (Å²) in [6.07, 6.45) is -2.17. The Morgan fingerprint density at radius 2 is 1.72 bits per heavy atom. The fraction of sp³-hybridized carbons (Fsp3) is 1.00. The van der Waals surface area contributed by atoms with E-state index in [2.05, 4.69) is 19.6 Å². The summed E-state index contributed by atoms with van der Waals surface area (Å²) in [4.78, 5) is 1.89. The predicted molar refractivity (Wildman–Crippen MR) is 73.2 cm³/mol. The Hall–Kier alpha value is 0.0169. The summed E-state index contributed by atoms with van der Waals surface area (Å²) in [5.74, 6) is 0. The third-order valence-corrected chi connectivity index (χ3v) is 5.44. The molecule has 5 nitrogen and oxygen atoms in total. The third-order valence-electron chi connectivity index (χ3n) is 3.59. The van der Waals surface area contributed by atoms with E-state index in [4.69, 9.17) is 0 Å². The molecular weight excluding hydrogens is 250 g/mol. The molecule has 0 aliphatic carbocycles. The van der Waals surface area contributed by atoms with E-state index in [1.54, 1.807) is 0 Å². The van der Waals surface area contributed by atoms with Crippen molar-refractivity contribution >= 4 is 8.07 Å². The van der Waals surface area contributed by atoms with Crippen LogP contribution in [0.5, 0.6) is 0 Å². The molecule has 1 aliphatic rings. The van der Waals surface area contributed by atoms with Crippen LogP contribution in [0, 0.1) is 0 Å². The molecule has 1 fully saturated rings. The molecule has 4 N–H and O–H groups in total.